The molecule has 0 saturated carbocycles. The zero-order valence-electron chi connectivity index (χ0n) is 12.6. The van der Waals surface area contributed by atoms with Crippen LogP contribution < -0.4 is 5.32 Å². The van der Waals surface area contributed by atoms with E-state index in [4.69, 9.17) is 4.74 Å². The Balaban J connectivity index is 2.08. The highest BCUT2D eigenvalue weighted by Crippen LogP contribution is 2.23. The van der Waals surface area contributed by atoms with Crippen molar-refractivity contribution in [3.63, 3.8) is 0 Å². The van der Waals surface area contributed by atoms with E-state index in [1.165, 1.54) is 19.2 Å². The number of morpholine rings is 1. The molecule has 22 heavy (non-hydrogen) atoms. The fraction of sp³-hybridized carbons (Fsp3) is 0.500. The lowest BCUT2D eigenvalue weighted by atomic mass is 10.1. The van der Waals surface area contributed by atoms with Crippen molar-refractivity contribution in [2.45, 2.75) is 6.10 Å². The lowest BCUT2D eigenvalue weighted by Gasteiger charge is -2.30. The quantitative estimate of drug-likeness (QED) is 0.495. The molecular weight excluding hydrogens is 290 g/mol. The smallest absolute Gasteiger partial charge is 0.344 e. The molecule has 1 aliphatic rings. The van der Waals surface area contributed by atoms with Crippen molar-refractivity contribution in [2.24, 2.45) is 0 Å². The molecular formula is C14H19N3O5. The summed E-state index contributed by atoms with van der Waals surface area (Å²) in [6, 6.07) is 4.29. The van der Waals surface area contributed by atoms with Gasteiger partial charge in [0.15, 0.2) is 0 Å². The summed E-state index contributed by atoms with van der Waals surface area (Å²) < 4.78 is 10.2. The van der Waals surface area contributed by atoms with Crippen LogP contribution in [0.3, 0.4) is 0 Å². The summed E-state index contributed by atoms with van der Waals surface area (Å²) in [6.45, 7) is 2.95. The minimum atomic E-state index is -0.732. The van der Waals surface area contributed by atoms with Gasteiger partial charge in [0, 0.05) is 31.4 Å². The molecule has 0 bridgehead atoms. The highest BCUT2D eigenvalue weighted by Gasteiger charge is 2.22. The normalized spacial score (nSPS) is 18.7. The first kappa shape index (κ1) is 16.2. The van der Waals surface area contributed by atoms with Crippen LogP contribution in [0.4, 0.5) is 11.4 Å². The number of ether oxygens (including phenoxy) is 2. The Hall–Kier alpha value is -2.19. The molecule has 0 radical (unpaired) electrons. The Kier molecular flexibility index (Phi) is 5.29. The number of likely N-dealkylation sites (N-methyl/N-ethyl adjacent to an activating group) is 1. The number of nitro groups is 1. The van der Waals surface area contributed by atoms with Gasteiger partial charge in [0.2, 0.25) is 0 Å². The number of carbonyl (C=O) groups excluding carboxylic acids is 1. The van der Waals surface area contributed by atoms with E-state index in [1.54, 1.807) is 6.07 Å². The van der Waals surface area contributed by atoms with Gasteiger partial charge in [-0.3, -0.25) is 10.1 Å². The van der Waals surface area contributed by atoms with Crippen LogP contribution in [0.2, 0.25) is 0 Å². The van der Waals surface area contributed by atoms with Crippen LogP contribution in [-0.4, -0.2) is 62.3 Å². The van der Waals surface area contributed by atoms with Crippen molar-refractivity contribution in [1.82, 2.24) is 4.90 Å². The van der Waals surface area contributed by atoms with Gasteiger partial charge in [-0.05, 0) is 19.2 Å². The molecule has 1 N–H and O–H groups in total. The molecule has 1 fully saturated rings. The molecule has 0 spiro atoms. The number of hydrogen-bond donors (Lipinski definition) is 1. The molecule has 1 heterocycles. The van der Waals surface area contributed by atoms with Crippen molar-refractivity contribution in [3.8, 4) is 0 Å². The largest absolute Gasteiger partial charge is 0.465 e. The number of nitro benzene ring substituents is 1. The number of benzene rings is 1. The van der Waals surface area contributed by atoms with E-state index in [0.29, 0.717) is 18.8 Å². The number of hydrogen-bond acceptors (Lipinski definition) is 7. The van der Waals surface area contributed by atoms with Crippen LogP contribution in [0.1, 0.15) is 10.4 Å². The third kappa shape index (κ3) is 3.92. The second-order valence-electron chi connectivity index (χ2n) is 5.12. The summed E-state index contributed by atoms with van der Waals surface area (Å²) >= 11 is 0. The molecule has 1 unspecified atom stereocenters. The maximum atomic E-state index is 11.7. The average molecular weight is 309 g/mol. The minimum absolute atomic E-state index is 0.0375. The van der Waals surface area contributed by atoms with Crippen molar-refractivity contribution in [2.75, 3.05) is 45.7 Å². The van der Waals surface area contributed by atoms with Gasteiger partial charge < -0.3 is 19.7 Å². The monoisotopic (exact) mass is 309 g/mol. The topological polar surface area (TPSA) is 93.9 Å². The molecule has 0 aliphatic carbocycles. The highest BCUT2D eigenvalue weighted by atomic mass is 16.6. The predicted octanol–water partition coefficient (Wildman–Crippen LogP) is 1.12. The van der Waals surface area contributed by atoms with Gasteiger partial charge in [0.25, 0.3) is 5.69 Å². The van der Waals surface area contributed by atoms with Gasteiger partial charge in [0.05, 0.1) is 24.7 Å². The van der Waals surface area contributed by atoms with E-state index < -0.39 is 10.9 Å². The zero-order chi connectivity index (χ0) is 16.1. The van der Waals surface area contributed by atoms with E-state index in [-0.39, 0.29) is 17.4 Å². The predicted molar refractivity (Wildman–Crippen MR) is 80.2 cm³/mol. The molecule has 0 aromatic heterocycles. The van der Waals surface area contributed by atoms with Crippen molar-refractivity contribution < 1.29 is 19.2 Å². The number of rotatable bonds is 5. The van der Waals surface area contributed by atoms with Gasteiger partial charge in [0.1, 0.15) is 5.56 Å². The number of anilines is 1. The summed E-state index contributed by atoms with van der Waals surface area (Å²) in [5, 5.41) is 14.1. The van der Waals surface area contributed by atoms with Crippen LogP contribution in [0.5, 0.6) is 0 Å². The molecule has 0 amide bonds. The summed E-state index contributed by atoms with van der Waals surface area (Å²) in [7, 11) is 3.22. The number of nitrogens with zero attached hydrogens (tertiary/aromatic N) is 2. The van der Waals surface area contributed by atoms with Gasteiger partial charge in [-0.2, -0.15) is 0 Å². The van der Waals surface area contributed by atoms with Crippen LogP contribution in [0.15, 0.2) is 18.2 Å². The second kappa shape index (κ2) is 7.19. The zero-order valence-corrected chi connectivity index (χ0v) is 12.6. The summed E-state index contributed by atoms with van der Waals surface area (Å²) in [4.78, 5) is 24.2. The van der Waals surface area contributed by atoms with E-state index in [1.807, 2.05) is 7.05 Å². The third-order valence-electron chi connectivity index (χ3n) is 3.47. The van der Waals surface area contributed by atoms with Gasteiger partial charge in [-0.25, -0.2) is 4.79 Å². The summed E-state index contributed by atoms with van der Waals surface area (Å²) in [5.74, 6) is -0.732. The standard InChI is InChI=1S/C14H19N3O5/c1-16-5-6-22-11(9-16)8-15-10-3-4-13(17(19)20)12(7-10)14(18)21-2/h3-4,7,11,15H,5-6,8-9H2,1-2H3. The van der Waals surface area contributed by atoms with Crippen molar-refractivity contribution in [3.05, 3.63) is 33.9 Å². The molecule has 2 rings (SSSR count). The molecule has 1 atom stereocenters. The van der Waals surface area contributed by atoms with Crippen LogP contribution in [0.25, 0.3) is 0 Å². The lowest BCUT2D eigenvalue weighted by Crippen LogP contribution is -2.43. The molecule has 8 nitrogen and oxygen atoms in total. The van der Waals surface area contributed by atoms with Crippen LogP contribution >= 0.6 is 0 Å². The highest BCUT2D eigenvalue weighted by molar-refractivity contribution is 5.95. The Morgan fingerprint density at radius 1 is 1.59 bits per heavy atom. The maximum Gasteiger partial charge on any atom is 0.344 e. The molecule has 120 valence electrons. The first-order valence-corrected chi connectivity index (χ1v) is 6.92. The van der Waals surface area contributed by atoms with E-state index >= 15 is 0 Å². The second-order valence-corrected chi connectivity index (χ2v) is 5.12. The maximum absolute atomic E-state index is 11.7. The Morgan fingerprint density at radius 2 is 2.36 bits per heavy atom. The molecule has 1 aliphatic heterocycles. The fourth-order valence-electron chi connectivity index (χ4n) is 2.30. The van der Waals surface area contributed by atoms with Gasteiger partial charge in [-0.1, -0.05) is 0 Å². The third-order valence-corrected chi connectivity index (χ3v) is 3.47. The number of methoxy groups -OCH3 is 1. The van der Waals surface area contributed by atoms with E-state index in [9.17, 15) is 14.9 Å². The van der Waals surface area contributed by atoms with Gasteiger partial charge >= 0.3 is 5.97 Å². The van der Waals surface area contributed by atoms with Crippen LogP contribution in [0, 0.1) is 10.1 Å². The first-order chi connectivity index (χ1) is 10.5. The number of nitrogens with one attached hydrogen (secondary N) is 1. The lowest BCUT2D eigenvalue weighted by molar-refractivity contribution is -0.385. The van der Waals surface area contributed by atoms with E-state index in [0.717, 1.165) is 13.1 Å². The summed E-state index contributed by atoms with van der Waals surface area (Å²) in [5.41, 5.74) is 0.271. The Morgan fingerprint density at radius 3 is 3.00 bits per heavy atom. The minimum Gasteiger partial charge on any atom is -0.465 e. The SMILES string of the molecule is COC(=O)c1cc(NCC2CN(C)CCO2)ccc1[N+](=O)[O-]. The van der Waals surface area contributed by atoms with Crippen molar-refractivity contribution in [1.29, 1.82) is 0 Å². The fourth-order valence-corrected chi connectivity index (χ4v) is 2.30. The van der Waals surface area contributed by atoms with Gasteiger partial charge in [-0.15, -0.1) is 0 Å². The number of carbonyl (C=O) groups is 1. The summed E-state index contributed by atoms with van der Waals surface area (Å²) in [6.07, 6.45) is 0.0375. The Bertz CT molecular complexity index is 563. The molecule has 1 aromatic carbocycles. The van der Waals surface area contributed by atoms with E-state index in [2.05, 4.69) is 15.0 Å². The average Bonchev–Trinajstić information content (AvgIpc) is 2.51. The Labute approximate surface area is 128 Å². The van der Waals surface area contributed by atoms with Crippen LogP contribution in [-0.2, 0) is 9.47 Å². The first-order valence-electron chi connectivity index (χ1n) is 6.92. The molecule has 1 saturated heterocycles. The van der Waals surface area contributed by atoms with Crippen molar-refractivity contribution >= 4 is 17.3 Å². The molecule has 1 aromatic rings. The molecule has 8 heteroatoms. The number of esters is 1.